The van der Waals surface area contributed by atoms with Gasteiger partial charge in [-0.25, -0.2) is 4.79 Å². The van der Waals surface area contributed by atoms with Crippen LogP contribution in [0.5, 0.6) is 5.75 Å². The SMILES string of the molecule is O=C(COC(=O)c1ccccc1C(=O)c1ccccc1O)c1ccc(-c2ccccc2)cc1. The molecule has 0 aliphatic carbocycles. The van der Waals surface area contributed by atoms with E-state index >= 15 is 0 Å². The van der Waals surface area contributed by atoms with E-state index in [0.717, 1.165) is 11.1 Å². The molecular weight excluding hydrogens is 416 g/mol. The summed E-state index contributed by atoms with van der Waals surface area (Å²) in [5.41, 5.74) is 2.62. The van der Waals surface area contributed by atoms with Gasteiger partial charge in [-0.1, -0.05) is 84.9 Å². The van der Waals surface area contributed by atoms with Gasteiger partial charge in [0.25, 0.3) is 0 Å². The number of carbonyl (C=O) groups excluding carboxylic acids is 3. The maximum absolute atomic E-state index is 12.9. The summed E-state index contributed by atoms with van der Waals surface area (Å²) in [4.78, 5) is 38.1. The van der Waals surface area contributed by atoms with Crippen molar-refractivity contribution in [2.24, 2.45) is 0 Å². The molecule has 0 fully saturated rings. The second-order valence-electron chi connectivity index (χ2n) is 7.33. The molecule has 4 rings (SSSR count). The van der Waals surface area contributed by atoms with Crippen molar-refractivity contribution in [3.8, 4) is 16.9 Å². The highest BCUT2D eigenvalue weighted by Gasteiger charge is 2.21. The fraction of sp³-hybridized carbons (Fsp3) is 0.0357. The molecule has 0 aliphatic rings. The van der Waals surface area contributed by atoms with Crippen molar-refractivity contribution >= 4 is 17.5 Å². The molecule has 0 spiro atoms. The molecule has 0 atom stereocenters. The van der Waals surface area contributed by atoms with E-state index in [9.17, 15) is 19.5 Å². The molecule has 0 saturated carbocycles. The lowest BCUT2D eigenvalue weighted by molar-refractivity contribution is 0.0473. The number of para-hydroxylation sites is 1. The van der Waals surface area contributed by atoms with Crippen LogP contribution >= 0.6 is 0 Å². The Labute approximate surface area is 190 Å². The number of ketones is 2. The van der Waals surface area contributed by atoms with Gasteiger partial charge < -0.3 is 9.84 Å². The Kier molecular flexibility index (Phi) is 6.41. The summed E-state index contributed by atoms with van der Waals surface area (Å²) in [6.45, 7) is -0.456. The van der Waals surface area contributed by atoms with Crippen LogP contribution in [0.2, 0.25) is 0 Å². The van der Waals surface area contributed by atoms with Gasteiger partial charge in [0.1, 0.15) is 5.75 Å². The standard InChI is InChI=1S/C28H20O5/c29-25-13-7-6-12-24(25)27(31)22-10-4-5-11-23(22)28(32)33-18-26(30)21-16-14-20(15-17-21)19-8-2-1-3-9-19/h1-17,29H,18H2. The fourth-order valence-electron chi connectivity index (χ4n) is 3.44. The number of aromatic hydroxyl groups is 1. The lowest BCUT2D eigenvalue weighted by Gasteiger charge is -2.10. The Bertz CT molecular complexity index is 1310. The summed E-state index contributed by atoms with van der Waals surface area (Å²) < 4.78 is 5.21. The van der Waals surface area contributed by atoms with Crippen LogP contribution in [0.15, 0.2) is 103 Å². The molecule has 0 bridgehead atoms. The fourth-order valence-corrected chi connectivity index (χ4v) is 3.44. The Balaban J connectivity index is 1.46. The molecule has 162 valence electrons. The molecule has 33 heavy (non-hydrogen) atoms. The minimum Gasteiger partial charge on any atom is -0.507 e. The first-order valence-corrected chi connectivity index (χ1v) is 10.3. The highest BCUT2D eigenvalue weighted by Crippen LogP contribution is 2.23. The number of carbonyl (C=O) groups is 3. The highest BCUT2D eigenvalue weighted by molar-refractivity contribution is 6.15. The van der Waals surface area contributed by atoms with Crippen molar-refractivity contribution < 1.29 is 24.2 Å². The molecule has 0 amide bonds. The lowest BCUT2D eigenvalue weighted by Crippen LogP contribution is -2.17. The van der Waals surface area contributed by atoms with Crippen LogP contribution < -0.4 is 0 Å². The number of Topliss-reactive ketones (excluding diaryl/α,β-unsaturated/α-hetero) is 1. The number of hydrogen-bond donors (Lipinski definition) is 1. The Hall–Kier alpha value is -4.51. The van der Waals surface area contributed by atoms with E-state index in [1.807, 2.05) is 42.5 Å². The number of benzene rings is 4. The quantitative estimate of drug-likeness (QED) is 0.313. The second kappa shape index (κ2) is 9.75. The van der Waals surface area contributed by atoms with Gasteiger partial charge in [0.05, 0.1) is 11.1 Å². The topological polar surface area (TPSA) is 80.7 Å². The monoisotopic (exact) mass is 436 g/mol. The van der Waals surface area contributed by atoms with Crippen LogP contribution in [0.4, 0.5) is 0 Å². The molecule has 4 aromatic rings. The van der Waals surface area contributed by atoms with Crippen molar-refractivity contribution in [2.45, 2.75) is 0 Å². The largest absolute Gasteiger partial charge is 0.507 e. The Morgan fingerprint density at radius 3 is 1.82 bits per heavy atom. The van der Waals surface area contributed by atoms with Crippen molar-refractivity contribution in [1.82, 2.24) is 0 Å². The first-order chi connectivity index (χ1) is 16.0. The van der Waals surface area contributed by atoms with E-state index in [-0.39, 0.29) is 28.2 Å². The first-order valence-electron chi connectivity index (χ1n) is 10.3. The smallest absolute Gasteiger partial charge is 0.339 e. The maximum Gasteiger partial charge on any atom is 0.339 e. The summed E-state index contributed by atoms with van der Waals surface area (Å²) in [5, 5.41) is 9.98. The number of ether oxygens (including phenoxy) is 1. The second-order valence-corrected chi connectivity index (χ2v) is 7.33. The molecule has 0 aliphatic heterocycles. The van der Waals surface area contributed by atoms with E-state index < -0.39 is 18.4 Å². The summed E-state index contributed by atoms with van der Waals surface area (Å²) in [5.74, 6) is -1.83. The Morgan fingerprint density at radius 2 is 1.15 bits per heavy atom. The van der Waals surface area contributed by atoms with Gasteiger partial charge in [0.2, 0.25) is 0 Å². The summed E-state index contributed by atoms with van der Waals surface area (Å²) in [6.07, 6.45) is 0. The van der Waals surface area contributed by atoms with Gasteiger partial charge in [-0.3, -0.25) is 9.59 Å². The van der Waals surface area contributed by atoms with Crippen molar-refractivity contribution in [2.75, 3.05) is 6.61 Å². The maximum atomic E-state index is 12.9. The molecule has 0 saturated heterocycles. The third-order valence-corrected chi connectivity index (χ3v) is 5.19. The number of esters is 1. The molecule has 0 radical (unpaired) electrons. The van der Waals surface area contributed by atoms with E-state index in [1.165, 1.54) is 24.3 Å². The van der Waals surface area contributed by atoms with Gasteiger partial charge >= 0.3 is 5.97 Å². The third kappa shape index (κ3) is 4.88. The first kappa shape index (κ1) is 21.7. The van der Waals surface area contributed by atoms with Crippen LogP contribution in [-0.2, 0) is 4.74 Å². The molecule has 1 N–H and O–H groups in total. The molecule has 0 heterocycles. The highest BCUT2D eigenvalue weighted by atomic mass is 16.5. The minimum absolute atomic E-state index is 0.0259. The van der Waals surface area contributed by atoms with Gasteiger partial charge in [0, 0.05) is 11.1 Å². The molecule has 5 nitrogen and oxygen atoms in total. The summed E-state index contributed by atoms with van der Waals surface area (Å²) in [6, 6.07) is 29.1. The normalized spacial score (nSPS) is 10.4. The van der Waals surface area contributed by atoms with E-state index in [4.69, 9.17) is 4.74 Å². The molecule has 0 unspecified atom stereocenters. The van der Waals surface area contributed by atoms with Gasteiger partial charge in [-0.15, -0.1) is 0 Å². The zero-order chi connectivity index (χ0) is 23.2. The predicted molar refractivity (Wildman–Crippen MR) is 124 cm³/mol. The van der Waals surface area contributed by atoms with Crippen molar-refractivity contribution in [3.05, 3.63) is 125 Å². The number of rotatable bonds is 7. The van der Waals surface area contributed by atoms with E-state index in [2.05, 4.69) is 0 Å². The predicted octanol–water partition coefficient (Wildman–Crippen LogP) is 5.33. The van der Waals surface area contributed by atoms with Crippen LogP contribution in [0.1, 0.15) is 36.6 Å². The average molecular weight is 436 g/mol. The number of phenols is 1. The van der Waals surface area contributed by atoms with Crippen LogP contribution in [0.25, 0.3) is 11.1 Å². The van der Waals surface area contributed by atoms with Crippen molar-refractivity contribution in [1.29, 1.82) is 0 Å². The summed E-state index contributed by atoms with van der Waals surface area (Å²) in [7, 11) is 0. The number of phenolic OH excluding ortho intramolecular Hbond substituents is 1. The van der Waals surface area contributed by atoms with Crippen LogP contribution in [-0.4, -0.2) is 29.2 Å². The van der Waals surface area contributed by atoms with Gasteiger partial charge in [-0.05, 0) is 29.3 Å². The zero-order valence-corrected chi connectivity index (χ0v) is 17.6. The third-order valence-electron chi connectivity index (χ3n) is 5.19. The van der Waals surface area contributed by atoms with E-state index in [1.54, 1.807) is 36.4 Å². The van der Waals surface area contributed by atoms with Crippen molar-refractivity contribution in [3.63, 3.8) is 0 Å². The lowest BCUT2D eigenvalue weighted by atomic mass is 9.98. The van der Waals surface area contributed by atoms with Crippen LogP contribution in [0, 0.1) is 0 Å². The number of hydrogen-bond acceptors (Lipinski definition) is 5. The van der Waals surface area contributed by atoms with Crippen LogP contribution in [0.3, 0.4) is 0 Å². The van der Waals surface area contributed by atoms with E-state index in [0.29, 0.717) is 5.56 Å². The zero-order valence-electron chi connectivity index (χ0n) is 17.6. The minimum atomic E-state index is -0.788. The van der Waals surface area contributed by atoms with Gasteiger partial charge in [0.15, 0.2) is 18.2 Å². The Morgan fingerprint density at radius 1 is 0.606 bits per heavy atom. The average Bonchev–Trinajstić information content (AvgIpc) is 2.87. The molecule has 4 aromatic carbocycles. The molecular formula is C28H20O5. The van der Waals surface area contributed by atoms with Gasteiger partial charge in [-0.2, -0.15) is 0 Å². The molecule has 5 heteroatoms. The molecule has 0 aromatic heterocycles. The summed E-state index contributed by atoms with van der Waals surface area (Å²) >= 11 is 0.